The van der Waals surface area contributed by atoms with Crippen LogP contribution in [0.1, 0.15) is 99.5 Å². The second-order valence-corrected chi connectivity index (χ2v) is 18.0. The minimum atomic E-state index is -2.40. The number of fused-ring (bicyclic) bond motifs is 5. The highest BCUT2D eigenvalue weighted by Gasteiger charge is 2.75. The zero-order valence-corrected chi connectivity index (χ0v) is 37.6. The number of aliphatic hydroxyl groups is 2. The highest BCUT2D eigenvalue weighted by Crippen LogP contribution is 2.61. The van der Waals surface area contributed by atoms with Crippen LogP contribution in [0, 0.1) is 17.3 Å². The number of nitrogens with one attached hydrogen (secondary N) is 1. The Bertz CT molecular complexity index is 2390. The van der Waals surface area contributed by atoms with Gasteiger partial charge in [-0.15, -0.1) is 0 Å². The molecule has 0 unspecified atom stereocenters. The van der Waals surface area contributed by atoms with Crippen molar-refractivity contribution in [2.75, 3.05) is 6.61 Å². The van der Waals surface area contributed by atoms with E-state index in [4.69, 9.17) is 28.4 Å². The van der Waals surface area contributed by atoms with E-state index in [0.29, 0.717) is 12.0 Å². The van der Waals surface area contributed by atoms with Crippen molar-refractivity contribution in [3.05, 3.63) is 119 Å². The third-order valence-electron chi connectivity index (χ3n) is 13.5. The molecule has 7 rings (SSSR count). The highest BCUT2D eigenvalue weighted by atomic mass is 16.6. The molecule has 66 heavy (non-hydrogen) atoms. The van der Waals surface area contributed by atoms with E-state index in [2.05, 4.69) is 5.32 Å². The number of aliphatic hydroxyl groups excluding tert-OH is 1. The Balaban J connectivity index is 1.40. The Morgan fingerprint density at radius 3 is 2.02 bits per heavy atom. The maximum atomic E-state index is 15.3. The number of benzene rings is 3. The number of esters is 5. The fourth-order valence-electron chi connectivity index (χ4n) is 10.3. The molecule has 1 saturated heterocycles. The van der Waals surface area contributed by atoms with Crippen molar-refractivity contribution >= 4 is 41.5 Å². The summed E-state index contributed by atoms with van der Waals surface area (Å²) in [5, 5.41) is 28.5. The lowest BCUT2D eigenvalue weighted by Gasteiger charge is -2.64. The molecule has 16 nitrogen and oxygen atoms in total. The third-order valence-corrected chi connectivity index (χ3v) is 13.5. The SMILES string of the molecule is CCCC(=O)O[C@@H](C(=O)O[C@H]1C[C@@]2(O)[C@@H](OC(=O)c3ccccc3)[C@H]3[C@@H](C(=O)[C@H](OC(C)=O)C(=C1C)C2(C)C)[C@@H](O)C[C@H]1OC[C@@]31OC(C)=O)[C@@H](NC(=O)c1ccccc1)c1ccccc1. The molecule has 11 atom stereocenters. The van der Waals surface area contributed by atoms with Gasteiger partial charge in [0.1, 0.15) is 30.0 Å². The second kappa shape index (κ2) is 18.9. The van der Waals surface area contributed by atoms with Crippen LogP contribution >= 0.6 is 0 Å². The minimum absolute atomic E-state index is 0.00861. The van der Waals surface area contributed by atoms with Gasteiger partial charge in [-0.3, -0.25) is 24.0 Å². The van der Waals surface area contributed by atoms with Crippen LogP contribution in [0.15, 0.2) is 102 Å². The van der Waals surface area contributed by atoms with Crippen LogP contribution in [0.2, 0.25) is 0 Å². The van der Waals surface area contributed by atoms with Crippen LogP contribution in [0.4, 0.5) is 0 Å². The van der Waals surface area contributed by atoms with Gasteiger partial charge in [-0.2, -0.15) is 0 Å². The highest BCUT2D eigenvalue weighted by molar-refractivity contribution is 5.95. The van der Waals surface area contributed by atoms with Crippen molar-refractivity contribution in [3.63, 3.8) is 0 Å². The van der Waals surface area contributed by atoms with E-state index in [0.717, 1.165) is 13.8 Å². The van der Waals surface area contributed by atoms with Crippen LogP contribution < -0.4 is 5.32 Å². The number of Topliss-reactive ketones (excluding diaryl/α,β-unsaturated/α-hetero) is 1. The second-order valence-electron chi connectivity index (χ2n) is 18.0. The predicted molar refractivity (Wildman–Crippen MR) is 232 cm³/mol. The van der Waals surface area contributed by atoms with Crippen molar-refractivity contribution < 1.29 is 72.2 Å². The summed E-state index contributed by atoms with van der Waals surface area (Å²) in [7, 11) is 0. The summed E-state index contributed by atoms with van der Waals surface area (Å²) in [5.41, 5.74) is -5.00. The molecule has 0 spiro atoms. The third kappa shape index (κ3) is 8.76. The largest absolute Gasteiger partial charge is 0.455 e. The standard InChI is InChI=1S/C50H55NO15/c1-7-17-36(55)64-43(40(30-18-11-8-12-19-30)51-45(57)31-20-13-9-14-21-31)47(59)63-34-25-50(60)44(65-46(58)32-22-15-10-16-23-32)39-37(33(54)24-35-49(39,26-61-35)66-29(4)53)41(56)42(62-28(3)52)38(27(34)2)48(50,5)6/h8-16,18-23,33-35,37,39-40,42-44,54,60H,7,17,24-26H2,1-6H3,(H,51,57)/t33-,34-,35+,37-,39+,40-,42+,43+,44-,49-,50+/m0/s1. The average Bonchev–Trinajstić information content (AvgIpc) is 3.28. The molecule has 3 N–H and O–H groups in total. The Hall–Kier alpha value is -6.23. The predicted octanol–water partition coefficient (Wildman–Crippen LogP) is 4.70. The van der Waals surface area contributed by atoms with Gasteiger partial charge in [0.05, 0.1) is 30.1 Å². The summed E-state index contributed by atoms with van der Waals surface area (Å²) in [4.78, 5) is 97.8. The van der Waals surface area contributed by atoms with Gasteiger partial charge in [0.15, 0.2) is 17.5 Å². The molecule has 350 valence electrons. The lowest BCUT2D eigenvalue weighted by Crippen LogP contribution is -2.79. The number of amides is 1. The number of carbonyl (C=O) groups is 7. The van der Waals surface area contributed by atoms with Crippen LogP contribution in [-0.4, -0.2) is 106 Å². The van der Waals surface area contributed by atoms with Gasteiger partial charge in [-0.25, -0.2) is 9.59 Å². The van der Waals surface area contributed by atoms with E-state index in [1.807, 2.05) is 0 Å². The quantitative estimate of drug-likeness (QED) is 0.120. The van der Waals surface area contributed by atoms with Gasteiger partial charge in [0, 0.05) is 44.1 Å². The Morgan fingerprint density at radius 1 is 0.848 bits per heavy atom. The first-order chi connectivity index (χ1) is 31.3. The summed E-state index contributed by atoms with van der Waals surface area (Å²) in [6.07, 6.45) is -10.0. The van der Waals surface area contributed by atoms with Gasteiger partial charge < -0.3 is 44.0 Å². The summed E-state index contributed by atoms with van der Waals surface area (Å²) < 4.78 is 36.3. The van der Waals surface area contributed by atoms with Crippen LogP contribution in [0.5, 0.6) is 0 Å². The Kier molecular flexibility index (Phi) is 13.7. The molecule has 2 bridgehead atoms. The van der Waals surface area contributed by atoms with Crippen molar-refractivity contribution in [3.8, 4) is 0 Å². The van der Waals surface area contributed by atoms with Gasteiger partial charge in [0.25, 0.3) is 5.91 Å². The smallest absolute Gasteiger partial charge is 0.350 e. The summed E-state index contributed by atoms with van der Waals surface area (Å²) in [6.45, 7) is 8.31. The van der Waals surface area contributed by atoms with Crippen molar-refractivity contribution in [1.82, 2.24) is 5.32 Å². The molecule has 1 amide bonds. The molecule has 0 aromatic heterocycles. The van der Waals surface area contributed by atoms with Crippen molar-refractivity contribution in [2.24, 2.45) is 17.3 Å². The van der Waals surface area contributed by atoms with Crippen LogP contribution in [0.3, 0.4) is 0 Å². The zero-order chi connectivity index (χ0) is 47.7. The maximum absolute atomic E-state index is 15.3. The van der Waals surface area contributed by atoms with Gasteiger partial charge in [-0.05, 0) is 54.3 Å². The van der Waals surface area contributed by atoms with E-state index in [1.165, 1.54) is 19.1 Å². The maximum Gasteiger partial charge on any atom is 0.350 e. The van der Waals surface area contributed by atoms with Crippen molar-refractivity contribution in [2.45, 2.75) is 121 Å². The molecule has 1 aliphatic heterocycles. The fourth-order valence-corrected chi connectivity index (χ4v) is 10.3. The van der Waals surface area contributed by atoms with E-state index in [-0.39, 0.29) is 41.7 Å². The molecule has 3 aromatic rings. The summed E-state index contributed by atoms with van der Waals surface area (Å²) in [6, 6.07) is 23.0. The molecule has 2 saturated carbocycles. The monoisotopic (exact) mass is 909 g/mol. The molecule has 1 heterocycles. The molecule has 4 aliphatic rings. The molecule has 3 fully saturated rings. The van der Waals surface area contributed by atoms with E-state index < -0.39 is 119 Å². The first-order valence-corrected chi connectivity index (χ1v) is 22.0. The zero-order valence-electron chi connectivity index (χ0n) is 37.6. The van der Waals surface area contributed by atoms with Gasteiger partial charge in [-0.1, -0.05) is 87.5 Å². The molecular weight excluding hydrogens is 855 g/mol. The van der Waals surface area contributed by atoms with E-state index in [9.17, 15) is 39.0 Å². The van der Waals surface area contributed by atoms with Gasteiger partial charge in [0.2, 0.25) is 6.10 Å². The van der Waals surface area contributed by atoms with E-state index >= 15 is 4.79 Å². The van der Waals surface area contributed by atoms with Crippen molar-refractivity contribution in [1.29, 1.82) is 0 Å². The lowest BCUT2D eigenvalue weighted by molar-refractivity contribution is -0.332. The number of ether oxygens (including phenoxy) is 6. The molecule has 16 heteroatoms. The fraction of sp³-hybridized carbons (Fsp3) is 0.460. The van der Waals surface area contributed by atoms with E-state index in [1.54, 1.807) is 99.6 Å². The summed E-state index contributed by atoms with van der Waals surface area (Å²) in [5.74, 6) is -9.11. The molecule has 3 aliphatic carbocycles. The molecular formula is C50H55NO15. The average molecular weight is 910 g/mol. The normalized spacial score (nSPS) is 29.4. The number of hydrogen-bond acceptors (Lipinski definition) is 15. The first kappa shape index (κ1) is 47.7. The summed E-state index contributed by atoms with van der Waals surface area (Å²) >= 11 is 0. The van der Waals surface area contributed by atoms with Crippen LogP contribution in [0.25, 0.3) is 0 Å². The minimum Gasteiger partial charge on any atom is -0.455 e. The number of hydrogen-bond donors (Lipinski definition) is 3. The lowest BCUT2D eigenvalue weighted by atomic mass is 9.48. The van der Waals surface area contributed by atoms with Gasteiger partial charge >= 0.3 is 29.8 Å². The number of rotatable bonds is 13. The van der Waals surface area contributed by atoms with Crippen LogP contribution in [-0.2, 0) is 52.4 Å². The molecule has 0 radical (unpaired) electrons. The Morgan fingerprint density at radius 2 is 1.45 bits per heavy atom. The topological polar surface area (TPSA) is 227 Å². The molecule has 3 aromatic carbocycles. The Labute approximate surface area is 381 Å². The number of ketones is 1. The number of carbonyl (C=O) groups excluding carboxylic acids is 7. The first-order valence-electron chi connectivity index (χ1n) is 22.0.